The second kappa shape index (κ2) is 6.77. The molecule has 4 nitrogen and oxygen atoms in total. The Morgan fingerprint density at radius 2 is 2.24 bits per heavy atom. The van der Waals surface area contributed by atoms with Crippen molar-refractivity contribution in [1.29, 1.82) is 0 Å². The Hall–Kier alpha value is -0.870. The Balaban J connectivity index is 2.22. The normalized spacial score (nSPS) is 13.3. The van der Waals surface area contributed by atoms with Crippen LogP contribution in [0.5, 0.6) is 0 Å². The van der Waals surface area contributed by atoms with Gasteiger partial charge in [0.1, 0.15) is 0 Å². The van der Waals surface area contributed by atoms with E-state index in [9.17, 15) is 0 Å². The van der Waals surface area contributed by atoms with Gasteiger partial charge in [-0.2, -0.15) is 5.10 Å². The zero-order valence-electron chi connectivity index (χ0n) is 11.8. The Labute approximate surface area is 105 Å². The highest BCUT2D eigenvalue weighted by molar-refractivity contribution is 5.14. The van der Waals surface area contributed by atoms with Crippen molar-refractivity contribution in [3.05, 3.63) is 17.5 Å². The van der Waals surface area contributed by atoms with Crippen molar-refractivity contribution >= 4 is 0 Å². The second-order valence-electron chi connectivity index (χ2n) is 4.83. The molecule has 17 heavy (non-hydrogen) atoms. The van der Waals surface area contributed by atoms with Crippen molar-refractivity contribution in [2.75, 3.05) is 20.1 Å². The summed E-state index contributed by atoms with van der Waals surface area (Å²) in [6, 6.07) is 0.664. The van der Waals surface area contributed by atoms with Gasteiger partial charge in [-0.3, -0.25) is 4.68 Å². The summed E-state index contributed by atoms with van der Waals surface area (Å²) in [7, 11) is 4.15. The lowest BCUT2D eigenvalue weighted by Crippen LogP contribution is -2.34. The maximum Gasteiger partial charge on any atom is 0.0638 e. The van der Waals surface area contributed by atoms with Crippen LogP contribution in [-0.2, 0) is 13.6 Å². The van der Waals surface area contributed by atoms with E-state index in [1.165, 1.54) is 12.0 Å². The highest BCUT2D eigenvalue weighted by atomic mass is 15.3. The van der Waals surface area contributed by atoms with E-state index in [4.69, 9.17) is 0 Å². The molecule has 0 saturated heterocycles. The van der Waals surface area contributed by atoms with Crippen LogP contribution < -0.4 is 5.32 Å². The summed E-state index contributed by atoms with van der Waals surface area (Å²) in [6.07, 6.45) is 3.29. The summed E-state index contributed by atoms with van der Waals surface area (Å²) >= 11 is 0. The third-order valence-electron chi connectivity index (χ3n) is 3.42. The molecule has 1 N–H and O–H groups in total. The molecule has 0 amide bonds. The molecule has 1 atom stereocenters. The third-order valence-corrected chi connectivity index (χ3v) is 3.42. The first-order chi connectivity index (χ1) is 8.04. The zero-order valence-corrected chi connectivity index (χ0v) is 11.8. The molecule has 0 saturated carbocycles. The van der Waals surface area contributed by atoms with Gasteiger partial charge in [-0.25, -0.2) is 0 Å². The molecular formula is C13H26N4. The molecule has 0 aliphatic carbocycles. The molecule has 1 aromatic heterocycles. The Morgan fingerprint density at radius 3 is 2.76 bits per heavy atom. The minimum Gasteiger partial charge on any atom is -0.311 e. The molecule has 1 unspecified atom stereocenters. The van der Waals surface area contributed by atoms with Gasteiger partial charge in [0, 0.05) is 44.5 Å². The molecule has 1 heterocycles. The van der Waals surface area contributed by atoms with Crippen LogP contribution in [0.2, 0.25) is 0 Å². The Bertz CT molecular complexity index is 332. The van der Waals surface area contributed by atoms with Crippen LogP contribution in [0, 0.1) is 6.92 Å². The van der Waals surface area contributed by atoms with E-state index in [2.05, 4.69) is 49.3 Å². The summed E-state index contributed by atoms with van der Waals surface area (Å²) in [6.45, 7) is 9.58. The van der Waals surface area contributed by atoms with E-state index in [-0.39, 0.29) is 0 Å². The molecule has 4 heteroatoms. The number of likely N-dealkylation sites (N-methyl/N-ethyl adjacent to an activating group) is 1. The highest BCUT2D eigenvalue weighted by Crippen LogP contribution is 2.03. The summed E-state index contributed by atoms with van der Waals surface area (Å²) in [5, 5.41) is 7.80. The summed E-state index contributed by atoms with van der Waals surface area (Å²) in [5.74, 6) is 0. The average molecular weight is 238 g/mol. The molecule has 0 spiro atoms. The minimum absolute atomic E-state index is 0.664. The standard InChI is InChI=1S/C13H26N4/c1-6-11(2)16(4)8-7-14-9-13-10-17(5)15-12(13)3/h10-11,14H,6-9H2,1-5H3. The molecule has 98 valence electrons. The number of nitrogens with zero attached hydrogens (tertiary/aromatic N) is 3. The lowest BCUT2D eigenvalue weighted by molar-refractivity contribution is 0.251. The van der Waals surface area contributed by atoms with E-state index in [0.717, 1.165) is 25.3 Å². The van der Waals surface area contributed by atoms with Crippen molar-refractivity contribution in [1.82, 2.24) is 20.0 Å². The van der Waals surface area contributed by atoms with Gasteiger partial charge in [-0.05, 0) is 27.3 Å². The summed E-state index contributed by atoms with van der Waals surface area (Å²) < 4.78 is 1.87. The van der Waals surface area contributed by atoms with Crippen LogP contribution in [-0.4, -0.2) is 40.9 Å². The first kappa shape index (κ1) is 14.2. The SMILES string of the molecule is CCC(C)N(C)CCNCc1cn(C)nc1C. The number of hydrogen-bond acceptors (Lipinski definition) is 3. The highest BCUT2D eigenvalue weighted by Gasteiger charge is 2.06. The van der Waals surface area contributed by atoms with E-state index >= 15 is 0 Å². The maximum atomic E-state index is 4.33. The first-order valence-corrected chi connectivity index (χ1v) is 6.44. The van der Waals surface area contributed by atoms with Crippen molar-refractivity contribution < 1.29 is 0 Å². The monoisotopic (exact) mass is 238 g/mol. The second-order valence-corrected chi connectivity index (χ2v) is 4.83. The van der Waals surface area contributed by atoms with E-state index < -0.39 is 0 Å². The van der Waals surface area contributed by atoms with Crippen molar-refractivity contribution in [3.8, 4) is 0 Å². The van der Waals surface area contributed by atoms with Gasteiger partial charge in [0.15, 0.2) is 0 Å². The van der Waals surface area contributed by atoms with Gasteiger partial charge in [-0.1, -0.05) is 6.92 Å². The Morgan fingerprint density at radius 1 is 1.53 bits per heavy atom. The number of hydrogen-bond donors (Lipinski definition) is 1. The molecule has 0 aromatic carbocycles. The lowest BCUT2D eigenvalue weighted by Gasteiger charge is -2.23. The van der Waals surface area contributed by atoms with Crippen LogP contribution in [0.25, 0.3) is 0 Å². The molecule has 0 aliphatic heterocycles. The lowest BCUT2D eigenvalue weighted by atomic mass is 10.2. The number of nitrogens with one attached hydrogen (secondary N) is 1. The Kier molecular flexibility index (Phi) is 5.65. The predicted molar refractivity (Wildman–Crippen MR) is 72.0 cm³/mol. The molecule has 1 aromatic rings. The van der Waals surface area contributed by atoms with Gasteiger partial charge in [0.25, 0.3) is 0 Å². The number of aromatic nitrogens is 2. The predicted octanol–water partition coefficient (Wildman–Crippen LogP) is 1.55. The molecule has 0 fully saturated rings. The molecule has 0 bridgehead atoms. The van der Waals surface area contributed by atoms with Crippen LogP contribution in [0.15, 0.2) is 6.20 Å². The van der Waals surface area contributed by atoms with Gasteiger partial charge < -0.3 is 10.2 Å². The molecule has 0 aliphatic rings. The zero-order chi connectivity index (χ0) is 12.8. The third kappa shape index (κ3) is 4.48. The summed E-state index contributed by atoms with van der Waals surface area (Å²) in [5.41, 5.74) is 2.41. The first-order valence-electron chi connectivity index (χ1n) is 6.44. The van der Waals surface area contributed by atoms with E-state index in [1.54, 1.807) is 0 Å². The number of rotatable bonds is 7. The molecule has 0 radical (unpaired) electrons. The van der Waals surface area contributed by atoms with Crippen molar-refractivity contribution in [3.63, 3.8) is 0 Å². The molecular weight excluding hydrogens is 212 g/mol. The van der Waals surface area contributed by atoms with Crippen LogP contribution in [0.3, 0.4) is 0 Å². The van der Waals surface area contributed by atoms with E-state index in [1.807, 2.05) is 11.7 Å². The van der Waals surface area contributed by atoms with Gasteiger partial charge in [-0.15, -0.1) is 0 Å². The van der Waals surface area contributed by atoms with Crippen LogP contribution >= 0.6 is 0 Å². The molecule has 1 rings (SSSR count). The van der Waals surface area contributed by atoms with Crippen molar-refractivity contribution in [2.24, 2.45) is 7.05 Å². The average Bonchev–Trinajstić information content (AvgIpc) is 2.62. The fourth-order valence-electron chi connectivity index (χ4n) is 1.83. The fraction of sp³-hybridized carbons (Fsp3) is 0.769. The largest absolute Gasteiger partial charge is 0.311 e. The topological polar surface area (TPSA) is 33.1 Å². The van der Waals surface area contributed by atoms with Gasteiger partial charge >= 0.3 is 0 Å². The number of aryl methyl sites for hydroxylation is 2. The van der Waals surface area contributed by atoms with Gasteiger partial charge in [0.05, 0.1) is 5.69 Å². The minimum atomic E-state index is 0.664. The maximum absolute atomic E-state index is 4.33. The fourth-order valence-corrected chi connectivity index (χ4v) is 1.83. The summed E-state index contributed by atoms with van der Waals surface area (Å²) in [4.78, 5) is 2.39. The van der Waals surface area contributed by atoms with E-state index in [0.29, 0.717) is 6.04 Å². The quantitative estimate of drug-likeness (QED) is 0.732. The van der Waals surface area contributed by atoms with Crippen LogP contribution in [0.1, 0.15) is 31.5 Å². The van der Waals surface area contributed by atoms with Crippen molar-refractivity contribution in [2.45, 2.75) is 39.8 Å². The van der Waals surface area contributed by atoms with Gasteiger partial charge in [0.2, 0.25) is 0 Å². The van der Waals surface area contributed by atoms with Crippen LogP contribution in [0.4, 0.5) is 0 Å². The smallest absolute Gasteiger partial charge is 0.0638 e.